The molecule has 0 saturated heterocycles. The Labute approximate surface area is 90.1 Å². The maximum Gasteiger partial charge on any atom is 0.151 e. The van der Waals surface area contributed by atoms with Crippen molar-refractivity contribution in [1.82, 2.24) is 4.98 Å². The zero-order valence-corrected chi connectivity index (χ0v) is 9.23. The molecule has 1 aliphatic carbocycles. The van der Waals surface area contributed by atoms with Crippen molar-refractivity contribution in [3.63, 3.8) is 0 Å². The van der Waals surface area contributed by atoms with Crippen LogP contribution in [0.2, 0.25) is 0 Å². The fourth-order valence-electron chi connectivity index (χ4n) is 1.83. The monoisotopic (exact) mass is 204 g/mol. The van der Waals surface area contributed by atoms with Crippen molar-refractivity contribution >= 4 is 12.1 Å². The van der Waals surface area contributed by atoms with E-state index in [0.29, 0.717) is 5.56 Å². The molecular formula is C12H16N2O. The second-order valence-electron chi connectivity index (χ2n) is 4.35. The van der Waals surface area contributed by atoms with Crippen LogP contribution in [0.25, 0.3) is 0 Å². The summed E-state index contributed by atoms with van der Waals surface area (Å²) in [5.41, 5.74) is 1.72. The number of pyridine rings is 1. The predicted octanol–water partition coefficient (Wildman–Crippen LogP) is 2.05. The highest BCUT2D eigenvalue weighted by Gasteiger charge is 2.23. The zero-order valence-electron chi connectivity index (χ0n) is 9.23. The summed E-state index contributed by atoms with van der Waals surface area (Å²) < 4.78 is 0. The summed E-state index contributed by atoms with van der Waals surface area (Å²) in [6.07, 6.45) is 5.16. The molecule has 1 aliphatic rings. The van der Waals surface area contributed by atoms with Crippen molar-refractivity contribution in [2.75, 3.05) is 18.5 Å². The summed E-state index contributed by atoms with van der Waals surface area (Å²) in [6, 6.07) is 1.89. The highest BCUT2D eigenvalue weighted by atomic mass is 16.1. The number of aromatic nitrogens is 1. The Morgan fingerprint density at radius 2 is 2.33 bits per heavy atom. The van der Waals surface area contributed by atoms with Crippen molar-refractivity contribution in [3.8, 4) is 0 Å². The molecule has 1 saturated carbocycles. The number of nitrogens with zero attached hydrogens (tertiary/aromatic N) is 2. The second-order valence-corrected chi connectivity index (χ2v) is 4.35. The Morgan fingerprint density at radius 1 is 1.60 bits per heavy atom. The van der Waals surface area contributed by atoms with Gasteiger partial charge in [-0.25, -0.2) is 4.98 Å². The number of rotatable bonds is 4. The number of aldehydes is 1. The molecule has 0 N–H and O–H groups in total. The Morgan fingerprint density at radius 3 is 2.87 bits per heavy atom. The lowest BCUT2D eigenvalue weighted by Crippen LogP contribution is -2.22. The molecule has 0 atom stereocenters. The molecule has 0 aromatic carbocycles. The van der Waals surface area contributed by atoms with E-state index >= 15 is 0 Å². The number of hydrogen-bond donors (Lipinski definition) is 0. The Balaban J connectivity index is 2.15. The molecule has 0 bridgehead atoms. The number of carbonyl (C=O) groups excluding carboxylic acids is 1. The number of anilines is 1. The van der Waals surface area contributed by atoms with E-state index in [-0.39, 0.29) is 0 Å². The third-order valence-corrected chi connectivity index (χ3v) is 2.80. The second kappa shape index (κ2) is 4.01. The van der Waals surface area contributed by atoms with E-state index in [0.717, 1.165) is 30.1 Å². The van der Waals surface area contributed by atoms with Gasteiger partial charge < -0.3 is 4.90 Å². The molecule has 0 aliphatic heterocycles. The van der Waals surface area contributed by atoms with Gasteiger partial charge >= 0.3 is 0 Å². The van der Waals surface area contributed by atoms with E-state index in [9.17, 15) is 4.79 Å². The lowest BCUT2D eigenvalue weighted by molar-refractivity contribution is 0.112. The summed E-state index contributed by atoms with van der Waals surface area (Å²) in [6.45, 7) is 3.08. The van der Waals surface area contributed by atoms with Crippen LogP contribution in [-0.4, -0.2) is 24.9 Å². The molecule has 0 unspecified atom stereocenters. The molecule has 1 heterocycles. The highest BCUT2D eigenvalue weighted by molar-refractivity contribution is 5.75. The molecule has 1 aromatic rings. The van der Waals surface area contributed by atoms with Gasteiger partial charge in [-0.05, 0) is 37.3 Å². The molecule has 3 nitrogen and oxygen atoms in total. The van der Waals surface area contributed by atoms with Crippen molar-refractivity contribution in [3.05, 3.63) is 23.4 Å². The average molecular weight is 204 g/mol. The first kappa shape index (κ1) is 10.1. The lowest BCUT2D eigenvalue weighted by atomic mass is 10.2. The zero-order chi connectivity index (χ0) is 10.8. The van der Waals surface area contributed by atoms with E-state index in [1.54, 1.807) is 6.20 Å². The molecule has 2 rings (SSSR count). The van der Waals surface area contributed by atoms with Gasteiger partial charge in [0.15, 0.2) is 6.29 Å². The Kier molecular flexibility index (Phi) is 2.71. The minimum absolute atomic E-state index is 0.649. The van der Waals surface area contributed by atoms with Gasteiger partial charge in [-0.3, -0.25) is 4.79 Å². The smallest absolute Gasteiger partial charge is 0.151 e. The number of carbonyl (C=O) groups is 1. The number of hydrogen-bond acceptors (Lipinski definition) is 3. The van der Waals surface area contributed by atoms with Crippen molar-refractivity contribution in [2.45, 2.75) is 19.8 Å². The Hall–Kier alpha value is -1.38. The van der Waals surface area contributed by atoms with Crippen molar-refractivity contribution in [1.29, 1.82) is 0 Å². The quantitative estimate of drug-likeness (QED) is 0.704. The van der Waals surface area contributed by atoms with Gasteiger partial charge in [0, 0.05) is 25.4 Å². The van der Waals surface area contributed by atoms with Gasteiger partial charge in [0.25, 0.3) is 0 Å². The van der Waals surface area contributed by atoms with E-state index < -0.39 is 0 Å². The van der Waals surface area contributed by atoms with E-state index in [1.807, 2.05) is 13.0 Å². The molecule has 80 valence electrons. The molecule has 1 fully saturated rings. The maximum atomic E-state index is 10.6. The minimum Gasteiger partial charge on any atom is -0.359 e. The normalized spacial score (nSPS) is 15.1. The standard InChI is InChI=1S/C12H16N2O/c1-9-5-11(8-15)6-13-12(9)14(2)7-10-3-4-10/h5-6,8,10H,3-4,7H2,1-2H3. The molecule has 0 radical (unpaired) electrons. The molecular weight excluding hydrogens is 188 g/mol. The van der Waals surface area contributed by atoms with Crippen LogP contribution in [0.4, 0.5) is 5.82 Å². The summed E-state index contributed by atoms with van der Waals surface area (Å²) in [7, 11) is 2.06. The molecule has 15 heavy (non-hydrogen) atoms. The van der Waals surface area contributed by atoms with E-state index in [4.69, 9.17) is 0 Å². The molecule has 3 heteroatoms. The van der Waals surface area contributed by atoms with Gasteiger partial charge in [-0.1, -0.05) is 0 Å². The Bertz CT molecular complexity index is 372. The van der Waals surface area contributed by atoms with Crippen LogP contribution in [0.15, 0.2) is 12.3 Å². The van der Waals surface area contributed by atoms with Gasteiger partial charge in [0.2, 0.25) is 0 Å². The van der Waals surface area contributed by atoms with E-state index in [2.05, 4.69) is 16.9 Å². The van der Waals surface area contributed by atoms with E-state index in [1.165, 1.54) is 12.8 Å². The fraction of sp³-hybridized carbons (Fsp3) is 0.500. The van der Waals surface area contributed by atoms with Gasteiger partial charge in [-0.15, -0.1) is 0 Å². The fourth-order valence-corrected chi connectivity index (χ4v) is 1.83. The van der Waals surface area contributed by atoms with Gasteiger partial charge in [-0.2, -0.15) is 0 Å². The summed E-state index contributed by atoms with van der Waals surface area (Å²) in [5.74, 6) is 1.84. The van der Waals surface area contributed by atoms with Crippen molar-refractivity contribution in [2.24, 2.45) is 5.92 Å². The third-order valence-electron chi connectivity index (χ3n) is 2.80. The van der Waals surface area contributed by atoms with Crippen LogP contribution in [0.5, 0.6) is 0 Å². The van der Waals surface area contributed by atoms with Crippen molar-refractivity contribution < 1.29 is 4.79 Å². The molecule has 0 amide bonds. The van der Waals surface area contributed by atoms with Crippen LogP contribution < -0.4 is 4.90 Å². The summed E-state index contributed by atoms with van der Waals surface area (Å²) >= 11 is 0. The first-order chi connectivity index (χ1) is 7.20. The first-order valence-corrected chi connectivity index (χ1v) is 5.33. The highest BCUT2D eigenvalue weighted by Crippen LogP contribution is 2.31. The van der Waals surface area contributed by atoms with Crippen LogP contribution in [0.3, 0.4) is 0 Å². The summed E-state index contributed by atoms with van der Waals surface area (Å²) in [4.78, 5) is 17.1. The van der Waals surface area contributed by atoms with Crippen LogP contribution in [0.1, 0.15) is 28.8 Å². The number of aryl methyl sites for hydroxylation is 1. The topological polar surface area (TPSA) is 33.2 Å². The lowest BCUT2D eigenvalue weighted by Gasteiger charge is -2.19. The average Bonchev–Trinajstić information content (AvgIpc) is 3.01. The van der Waals surface area contributed by atoms with Gasteiger partial charge in [0.05, 0.1) is 0 Å². The minimum atomic E-state index is 0.649. The third kappa shape index (κ3) is 2.35. The summed E-state index contributed by atoms with van der Waals surface area (Å²) in [5, 5.41) is 0. The molecule has 0 spiro atoms. The van der Waals surface area contributed by atoms with Gasteiger partial charge in [0.1, 0.15) is 5.82 Å². The largest absolute Gasteiger partial charge is 0.359 e. The molecule has 1 aromatic heterocycles. The SMILES string of the molecule is Cc1cc(C=O)cnc1N(C)CC1CC1. The first-order valence-electron chi connectivity index (χ1n) is 5.33. The predicted molar refractivity (Wildman–Crippen MR) is 60.4 cm³/mol. The van der Waals surface area contributed by atoms with Crippen LogP contribution >= 0.6 is 0 Å². The van der Waals surface area contributed by atoms with Crippen LogP contribution in [-0.2, 0) is 0 Å². The maximum absolute atomic E-state index is 10.6. The van der Waals surface area contributed by atoms with Crippen LogP contribution in [0, 0.1) is 12.8 Å².